The number of carboxylic acids is 1. The quantitative estimate of drug-likeness (QED) is 0.588. The topological polar surface area (TPSA) is 95.5 Å². The molecule has 2 rings (SSSR count). The summed E-state index contributed by atoms with van der Waals surface area (Å²) in [6.07, 6.45) is 0.199. The van der Waals surface area contributed by atoms with Crippen LogP contribution in [0, 0.1) is 3.57 Å². The molecule has 1 atom stereocenters. The second-order valence-corrected chi connectivity index (χ2v) is 6.58. The van der Waals surface area contributed by atoms with Gasteiger partial charge in [0.1, 0.15) is 6.04 Å². The Labute approximate surface area is 158 Å². The molecule has 0 saturated carbocycles. The van der Waals surface area contributed by atoms with Crippen molar-refractivity contribution in [2.24, 2.45) is 0 Å². The van der Waals surface area contributed by atoms with E-state index in [0.717, 1.165) is 9.13 Å². The molecule has 0 unspecified atom stereocenters. The van der Waals surface area contributed by atoms with Crippen molar-refractivity contribution < 1.29 is 19.5 Å². The fraction of sp³-hybridized carbons (Fsp3) is 0.167. The van der Waals surface area contributed by atoms with Crippen molar-refractivity contribution in [2.75, 3.05) is 5.32 Å². The summed E-state index contributed by atoms with van der Waals surface area (Å²) in [5.74, 6) is -1.78. The average molecular weight is 452 g/mol. The highest BCUT2D eigenvalue weighted by atomic mass is 127. The van der Waals surface area contributed by atoms with E-state index in [9.17, 15) is 19.5 Å². The summed E-state index contributed by atoms with van der Waals surface area (Å²) in [5.41, 5.74) is 1.75. The Bertz CT molecular complexity index is 790. The first-order valence-electron chi connectivity index (χ1n) is 7.51. The predicted octanol–water partition coefficient (Wildman–Crippen LogP) is 2.68. The first-order chi connectivity index (χ1) is 11.9. The Hall–Kier alpha value is -2.42. The normalized spacial score (nSPS) is 11.4. The molecule has 0 saturated heterocycles. The van der Waals surface area contributed by atoms with Crippen molar-refractivity contribution >= 4 is 46.1 Å². The average Bonchev–Trinajstić information content (AvgIpc) is 2.56. The molecule has 2 amide bonds. The van der Waals surface area contributed by atoms with Gasteiger partial charge in [-0.2, -0.15) is 0 Å². The van der Waals surface area contributed by atoms with Gasteiger partial charge in [0.15, 0.2) is 0 Å². The molecule has 0 aliphatic rings. The summed E-state index contributed by atoms with van der Waals surface area (Å²) < 4.78 is 0.945. The molecule has 0 fully saturated rings. The van der Waals surface area contributed by atoms with Crippen LogP contribution in [0.2, 0.25) is 0 Å². The van der Waals surface area contributed by atoms with Gasteiger partial charge in [0.25, 0.3) is 5.91 Å². The van der Waals surface area contributed by atoms with Crippen LogP contribution in [0.15, 0.2) is 48.5 Å². The van der Waals surface area contributed by atoms with E-state index in [-0.39, 0.29) is 12.3 Å². The fourth-order valence-corrected chi connectivity index (χ4v) is 2.84. The Morgan fingerprint density at radius 3 is 2.28 bits per heavy atom. The molecule has 2 aromatic carbocycles. The van der Waals surface area contributed by atoms with Gasteiger partial charge in [-0.25, -0.2) is 4.79 Å². The highest BCUT2D eigenvalue weighted by molar-refractivity contribution is 14.1. The van der Waals surface area contributed by atoms with Gasteiger partial charge < -0.3 is 15.7 Å². The van der Waals surface area contributed by atoms with Crippen LogP contribution in [-0.2, 0) is 16.0 Å². The van der Waals surface area contributed by atoms with Crippen LogP contribution in [0.5, 0.6) is 0 Å². The van der Waals surface area contributed by atoms with E-state index in [1.807, 2.05) is 24.3 Å². The van der Waals surface area contributed by atoms with Crippen molar-refractivity contribution in [1.82, 2.24) is 5.32 Å². The minimum Gasteiger partial charge on any atom is -0.480 e. The van der Waals surface area contributed by atoms with Crippen molar-refractivity contribution in [1.29, 1.82) is 0 Å². The number of anilines is 1. The standard InChI is InChI=1S/C18H17IN2O4/c1-11(22)20-14-8-6-12(7-9-14)17(23)21-16(18(24)25)10-13-4-2-3-5-15(13)19/h2-9,16H,10H2,1H3,(H,20,22)(H,21,23)(H,24,25)/t16-/m1/s1. The van der Waals surface area contributed by atoms with E-state index in [1.165, 1.54) is 19.1 Å². The lowest BCUT2D eigenvalue weighted by atomic mass is 10.1. The van der Waals surface area contributed by atoms with Crippen LogP contribution in [0.3, 0.4) is 0 Å². The number of nitrogens with one attached hydrogen (secondary N) is 2. The molecule has 0 spiro atoms. The Morgan fingerprint density at radius 1 is 1.08 bits per heavy atom. The Kier molecular flexibility index (Phi) is 6.51. The number of carbonyl (C=O) groups is 3. The van der Waals surface area contributed by atoms with Crippen LogP contribution in [0.1, 0.15) is 22.8 Å². The van der Waals surface area contributed by atoms with Gasteiger partial charge in [0.2, 0.25) is 5.91 Å². The van der Waals surface area contributed by atoms with Gasteiger partial charge in [-0.1, -0.05) is 18.2 Å². The Balaban J connectivity index is 2.08. The Morgan fingerprint density at radius 2 is 1.72 bits per heavy atom. The number of hydrogen-bond donors (Lipinski definition) is 3. The van der Waals surface area contributed by atoms with Crippen molar-refractivity contribution in [2.45, 2.75) is 19.4 Å². The molecule has 2 aromatic rings. The summed E-state index contributed by atoms with van der Waals surface area (Å²) in [6, 6.07) is 12.6. The number of aliphatic carboxylic acids is 1. The summed E-state index contributed by atoms with van der Waals surface area (Å²) in [4.78, 5) is 34.8. The third kappa shape index (κ3) is 5.56. The molecule has 0 radical (unpaired) electrons. The van der Waals surface area contributed by atoms with Crippen LogP contribution in [0.25, 0.3) is 0 Å². The maximum absolute atomic E-state index is 12.3. The number of benzene rings is 2. The highest BCUT2D eigenvalue weighted by Crippen LogP contribution is 2.14. The summed E-state index contributed by atoms with van der Waals surface area (Å²) in [6.45, 7) is 1.39. The van der Waals surface area contributed by atoms with E-state index in [0.29, 0.717) is 11.3 Å². The smallest absolute Gasteiger partial charge is 0.326 e. The molecule has 130 valence electrons. The number of halogens is 1. The highest BCUT2D eigenvalue weighted by Gasteiger charge is 2.22. The molecule has 0 aromatic heterocycles. The second kappa shape index (κ2) is 8.61. The summed E-state index contributed by atoms with van der Waals surface area (Å²) >= 11 is 2.14. The summed E-state index contributed by atoms with van der Waals surface area (Å²) in [5, 5.41) is 14.5. The van der Waals surface area contributed by atoms with Gasteiger partial charge >= 0.3 is 5.97 Å². The molecule has 0 aliphatic heterocycles. The lowest BCUT2D eigenvalue weighted by Crippen LogP contribution is -2.42. The molecule has 0 bridgehead atoms. The van der Waals surface area contributed by atoms with Gasteiger partial charge in [-0.15, -0.1) is 0 Å². The number of rotatable bonds is 6. The van der Waals surface area contributed by atoms with E-state index >= 15 is 0 Å². The zero-order chi connectivity index (χ0) is 18.4. The third-order valence-corrected chi connectivity index (χ3v) is 4.51. The van der Waals surface area contributed by atoms with Gasteiger partial charge in [-0.3, -0.25) is 9.59 Å². The third-order valence-electron chi connectivity index (χ3n) is 3.45. The second-order valence-electron chi connectivity index (χ2n) is 5.42. The molecule has 25 heavy (non-hydrogen) atoms. The van der Waals surface area contributed by atoms with Crippen molar-refractivity contribution in [3.05, 3.63) is 63.2 Å². The van der Waals surface area contributed by atoms with E-state index in [2.05, 4.69) is 33.2 Å². The molecular formula is C18H17IN2O4. The molecule has 0 heterocycles. The zero-order valence-electron chi connectivity index (χ0n) is 13.5. The van der Waals surface area contributed by atoms with E-state index < -0.39 is 17.9 Å². The lowest BCUT2D eigenvalue weighted by molar-refractivity contribution is -0.139. The first kappa shape index (κ1) is 18.9. The lowest BCUT2D eigenvalue weighted by Gasteiger charge is -2.15. The summed E-state index contributed by atoms with van der Waals surface area (Å²) in [7, 11) is 0. The van der Waals surface area contributed by atoms with Gasteiger partial charge in [0, 0.05) is 28.2 Å². The van der Waals surface area contributed by atoms with Gasteiger partial charge in [0.05, 0.1) is 0 Å². The predicted molar refractivity (Wildman–Crippen MR) is 102 cm³/mol. The number of carboxylic acid groups (broad SMARTS) is 1. The van der Waals surface area contributed by atoms with Gasteiger partial charge in [-0.05, 0) is 58.5 Å². The minimum atomic E-state index is -1.09. The molecule has 0 aliphatic carbocycles. The number of carbonyl (C=O) groups excluding carboxylic acids is 2. The maximum atomic E-state index is 12.3. The van der Waals surface area contributed by atoms with Crippen LogP contribution < -0.4 is 10.6 Å². The minimum absolute atomic E-state index is 0.199. The maximum Gasteiger partial charge on any atom is 0.326 e. The number of hydrogen-bond acceptors (Lipinski definition) is 3. The van der Waals surface area contributed by atoms with Crippen LogP contribution >= 0.6 is 22.6 Å². The van der Waals surface area contributed by atoms with Crippen molar-refractivity contribution in [3.63, 3.8) is 0 Å². The van der Waals surface area contributed by atoms with Crippen LogP contribution in [-0.4, -0.2) is 28.9 Å². The monoisotopic (exact) mass is 452 g/mol. The zero-order valence-corrected chi connectivity index (χ0v) is 15.6. The van der Waals surface area contributed by atoms with Crippen LogP contribution in [0.4, 0.5) is 5.69 Å². The first-order valence-corrected chi connectivity index (χ1v) is 8.59. The molecular weight excluding hydrogens is 435 g/mol. The molecule has 7 heteroatoms. The van der Waals surface area contributed by atoms with Crippen molar-refractivity contribution in [3.8, 4) is 0 Å². The molecule has 6 nitrogen and oxygen atoms in total. The van der Waals surface area contributed by atoms with E-state index in [1.54, 1.807) is 12.1 Å². The largest absolute Gasteiger partial charge is 0.480 e. The van der Waals surface area contributed by atoms with E-state index in [4.69, 9.17) is 0 Å². The number of amides is 2. The fourth-order valence-electron chi connectivity index (χ4n) is 2.23. The SMILES string of the molecule is CC(=O)Nc1ccc(C(=O)N[C@H](Cc2ccccc2I)C(=O)O)cc1. The molecule has 3 N–H and O–H groups in total.